The van der Waals surface area contributed by atoms with Gasteiger partial charge in [-0.2, -0.15) is 0 Å². The van der Waals surface area contributed by atoms with E-state index >= 15 is 0 Å². The molecular formula is C13H18BrN3. The molecule has 0 aliphatic heterocycles. The standard InChI is InChI=1S/C13H18BrN3/c1-4-16-13(14)9-17(3)8-11-7-10(2)5-6-12(11)15/h4-7H,1,8-9,15H2,2-3H3/b16-13+. The SMILES string of the molecule is C=C/N=C(/Br)CN(C)Cc1cc(C)ccc1N. The molecule has 0 bridgehead atoms. The molecule has 0 heterocycles. The fraction of sp³-hybridized carbons (Fsp3) is 0.308. The summed E-state index contributed by atoms with van der Waals surface area (Å²) in [6.45, 7) is 7.17. The summed E-state index contributed by atoms with van der Waals surface area (Å²) in [6, 6.07) is 6.09. The maximum Gasteiger partial charge on any atom is 0.0968 e. The third-order valence-corrected chi connectivity index (χ3v) is 2.83. The molecule has 0 unspecified atom stereocenters. The monoisotopic (exact) mass is 295 g/mol. The molecule has 17 heavy (non-hydrogen) atoms. The maximum atomic E-state index is 5.94. The summed E-state index contributed by atoms with van der Waals surface area (Å²) in [5.74, 6) is 0. The Balaban J connectivity index is 2.67. The second kappa shape index (κ2) is 6.57. The first kappa shape index (κ1) is 13.9. The van der Waals surface area contributed by atoms with Crippen molar-refractivity contribution in [3.05, 3.63) is 42.1 Å². The van der Waals surface area contributed by atoms with Crippen molar-refractivity contribution < 1.29 is 0 Å². The highest BCUT2D eigenvalue weighted by Crippen LogP contribution is 2.15. The quantitative estimate of drug-likeness (QED) is 0.670. The largest absolute Gasteiger partial charge is 0.398 e. The molecule has 0 spiro atoms. The van der Waals surface area contributed by atoms with E-state index in [9.17, 15) is 0 Å². The van der Waals surface area contributed by atoms with Crippen LogP contribution in [0.4, 0.5) is 5.69 Å². The van der Waals surface area contributed by atoms with Gasteiger partial charge in [-0.1, -0.05) is 24.3 Å². The molecule has 0 aliphatic carbocycles. The zero-order chi connectivity index (χ0) is 12.8. The minimum Gasteiger partial charge on any atom is -0.398 e. The first-order valence-corrected chi connectivity index (χ1v) is 6.19. The van der Waals surface area contributed by atoms with E-state index in [4.69, 9.17) is 5.73 Å². The van der Waals surface area contributed by atoms with E-state index < -0.39 is 0 Å². The number of hydrogen-bond acceptors (Lipinski definition) is 3. The molecule has 2 N–H and O–H groups in total. The lowest BCUT2D eigenvalue weighted by Gasteiger charge is -2.17. The zero-order valence-corrected chi connectivity index (χ0v) is 11.9. The minimum atomic E-state index is 0.736. The molecule has 0 saturated carbocycles. The third-order valence-electron chi connectivity index (χ3n) is 2.37. The first-order chi connectivity index (χ1) is 8.02. The highest BCUT2D eigenvalue weighted by molar-refractivity contribution is 9.18. The van der Waals surface area contributed by atoms with Gasteiger partial charge in [-0.05, 0) is 41.5 Å². The third kappa shape index (κ3) is 4.71. The smallest absolute Gasteiger partial charge is 0.0968 e. The molecule has 0 fully saturated rings. The van der Waals surface area contributed by atoms with Gasteiger partial charge in [0.2, 0.25) is 0 Å². The van der Waals surface area contributed by atoms with Gasteiger partial charge in [-0.15, -0.1) is 0 Å². The van der Waals surface area contributed by atoms with E-state index in [1.165, 1.54) is 11.8 Å². The lowest BCUT2D eigenvalue weighted by atomic mass is 10.1. The second-order valence-electron chi connectivity index (χ2n) is 4.06. The lowest BCUT2D eigenvalue weighted by molar-refractivity contribution is 0.376. The van der Waals surface area contributed by atoms with Crippen LogP contribution >= 0.6 is 15.9 Å². The van der Waals surface area contributed by atoms with Gasteiger partial charge in [0.25, 0.3) is 0 Å². The Hall–Kier alpha value is -1.13. The molecular weight excluding hydrogens is 278 g/mol. The van der Waals surface area contributed by atoms with Gasteiger partial charge in [0.15, 0.2) is 0 Å². The molecule has 0 atom stereocenters. The van der Waals surface area contributed by atoms with Gasteiger partial charge in [0, 0.05) is 25.0 Å². The number of nitrogens with zero attached hydrogens (tertiary/aromatic N) is 2. The van der Waals surface area contributed by atoms with Crippen molar-refractivity contribution in [2.24, 2.45) is 4.99 Å². The average Bonchev–Trinajstić information content (AvgIpc) is 2.23. The number of rotatable bonds is 5. The van der Waals surface area contributed by atoms with Gasteiger partial charge in [-0.25, -0.2) is 0 Å². The highest BCUT2D eigenvalue weighted by atomic mass is 79.9. The van der Waals surface area contributed by atoms with Crippen molar-refractivity contribution in [3.8, 4) is 0 Å². The van der Waals surface area contributed by atoms with Crippen LogP contribution in [-0.4, -0.2) is 23.1 Å². The molecule has 0 aromatic heterocycles. The van der Waals surface area contributed by atoms with E-state index in [1.807, 2.05) is 19.2 Å². The van der Waals surface area contributed by atoms with E-state index in [2.05, 4.69) is 45.4 Å². The van der Waals surface area contributed by atoms with Crippen molar-refractivity contribution in [2.75, 3.05) is 19.3 Å². The fourth-order valence-electron chi connectivity index (χ4n) is 1.58. The van der Waals surface area contributed by atoms with Crippen molar-refractivity contribution >= 4 is 26.2 Å². The molecule has 1 aromatic carbocycles. The second-order valence-corrected chi connectivity index (χ2v) is 4.98. The van der Waals surface area contributed by atoms with Crippen LogP contribution in [0.3, 0.4) is 0 Å². The van der Waals surface area contributed by atoms with Crippen LogP contribution in [0, 0.1) is 6.92 Å². The van der Waals surface area contributed by atoms with E-state index in [-0.39, 0.29) is 0 Å². The number of aryl methyl sites for hydroxylation is 1. The van der Waals surface area contributed by atoms with Crippen molar-refractivity contribution in [1.29, 1.82) is 0 Å². The number of nitrogen functional groups attached to an aromatic ring is 1. The molecule has 0 saturated heterocycles. The van der Waals surface area contributed by atoms with Gasteiger partial charge < -0.3 is 5.73 Å². The Morgan fingerprint density at radius 2 is 2.29 bits per heavy atom. The Kier molecular flexibility index (Phi) is 5.38. The maximum absolute atomic E-state index is 5.94. The molecule has 0 amide bonds. The molecule has 0 aliphatic rings. The number of benzene rings is 1. The summed E-state index contributed by atoms with van der Waals surface area (Å²) in [4.78, 5) is 6.21. The van der Waals surface area contributed by atoms with Gasteiger partial charge >= 0.3 is 0 Å². The van der Waals surface area contributed by atoms with Crippen LogP contribution in [0.2, 0.25) is 0 Å². The number of nitrogens with two attached hydrogens (primary N) is 1. The Bertz CT molecular complexity index is 427. The molecule has 1 rings (SSSR count). The Morgan fingerprint density at radius 1 is 1.59 bits per heavy atom. The molecule has 4 heteroatoms. The van der Waals surface area contributed by atoms with E-state index in [1.54, 1.807) is 0 Å². The number of halogens is 1. The summed E-state index contributed by atoms with van der Waals surface area (Å²) in [5, 5.41) is 0. The molecule has 0 radical (unpaired) electrons. The van der Waals surface area contributed by atoms with Crippen molar-refractivity contribution in [2.45, 2.75) is 13.5 Å². The first-order valence-electron chi connectivity index (χ1n) is 5.39. The van der Waals surface area contributed by atoms with Crippen LogP contribution in [0.5, 0.6) is 0 Å². The van der Waals surface area contributed by atoms with Crippen molar-refractivity contribution in [3.63, 3.8) is 0 Å². The van der Waals surface area contributed by atoms with Crippen LogP contribution in [0.1, 0.15) is 11.1 Å². The normalized spacial score (nSPS) is 11.9. The van der Waals surface area contributed by atoms with E-state index in [0.29, 0.717) is 0 Å². The van der Waals surface area contributed by atoms with Crippen LogP contribution in [0.15, 0.2) is 36.0 Å². The molecule has 1 aromatic rings. The van der Waals surface area contributed by atoms with Gasteiger partial charge in [0.05, 0.1) is 4.62 Å². The van der Waals surface area contributed by atoms with E-state index in [0.717, 1.165) is 29.0 Å². The number of hydrogen-bond donors (Lipinski definition) is 1. The highest BCUT2D eigenvalue weighted by Gasteiger charge is 2.05. The topological polar surface area (TPSA) is 41.6 Å². The molecule has 3 nitrogen and oxygen atoms in total. The predicted octanol–water partition coefficient (Wildman–Crippen LogP) is 2.95. The fourth-order valence-corrected chi connectivity index (χ4v) is 2.15. The average molecular weight is 296 g/mol. The van der Waals surface area contributed by atoms with Crippen LogP contribution in [0.25, 0.3) is 0 Å². The van der Waals surface area contributed by atoms with Crippen LogP contribution < -0.4 is 5.73 Å². The minimum absolute atomic E-state index is 0.736. The predicted molar refractivity (Wildman–Crippen MR) is 78.5 cm³/mol. The summed E-state index contributed by atoms with van der Waals surface area (Å²) in [7, 11) is 2.03. The lowest BCUT2D eigenvalue weighted by Crippen LogP contribution is -2.23. The summed E-state index contributed by atoms with van der Waals surface area (Å²) >= 11 is 3.39. The number of anilines is 1. The van der Waals surface area contributed by atoms with Gasteiger partial charge in [-0.3, -0.25) is 9.89 Å². The van der Waals surface area contributed by atoms with Crippen LogP contribution in [-0.2, 0) is 6.54 Å². The Labute approximate surface area is 111 Å². The Morgan fingerprint density at radius 3 is 2.94 bits per heavy atom. The number of aliphatic imine (C=N–C) groups is 1. The summed E-state index contributed by atoms with van der Waals surface area (Å²) in [6.07, 6.45) is 1.53. The zero-order valence-electron chi connectivity index (χ0n) is 10.3. The summed E-state index contributed by atoms with van der Waals surface area (Å²) < 4.78 is 0.862. The summed E-state index contributed by atoms with van der Waals surface area (Å²) in [5.41, 5.74) is 9.14. The van der Waals surface area contributed by atoms with Crippen molar-refractivity contribution in [1.82, 2.24) is 4.90 Å². The molecule has 92 valence electrons. The van der Waals surface area contributed by atoms with Gasteiger partial charge in [0.1, 0.15) is 0 Å².